The van der Waals surface area contributed by atoms with E-state index in [9.17, 15) is 4.79 Å². The van der Waals surface area contributed by atoms with Gasteiger partial charge < -0.3 is 10.2 Å². The molecule has 17 heavy (non-hydrogen) atoms. The molecule has 1 unspecified atom stereocenters. The van der Waals surface area contributed by atoms with Crippen molar-refractivity contribution in [3.05, 3.63) is 18.5 Å². The summed E-state index contributed by atoms with van der Waals surface area (Å²) in [5.41, 5.74) is 0. The molecular weight excluding hydrogens is 216 g/mol. The Morgan fingerprint density at radius 1 is 1.53 bits per heavy atom. The van der Waals surface area contributed by atoms with Gasteiger partial charge in [0.15, 0.2) is 0 Å². The predicted octanol–water partition coefficient (Wildman–Crippen LogP) is 0.482. The average molecular weight is 236 g/mol. The van der Waals surface area contributed by atoms with E-state index in [2.05, 4.69) is 24.3 Å². The van der Waals surface area contributed by atoms with E-state index < -0.39 is 0 Å². The molecule has 1 N–H and O–H groups in total. The molecule has 5 nitrogen and oxygen atoms in total. The molecule has 1 aromatic heterocycles. The van der Waals surface area contributed by atoms with E-state index in [4.69, 9.17) is 0 Å². The largest absolute Gasteiger partial charge is 0.339 e. The summed E-state index contributed by atoms with van der Waals surface area (Å²) in [5, 5.41) is 7.43. The summed E-state index contributed by atoms with van der Waals surface area (Å²) in [6.07, 6.45) is 4.59. The maximum Gasteiger partial charge on any atom is 0.239 e. The van der Waals surface area contributed by atoms with Gasteiger partial charge in [-0.25, -0.2) is 0 Å². The highest BCUT2D eigenvalue weighted by Crippen LogP contribution is 2.11. The molecule has 0 bridgehead atoms. The fourth-order valence-corrected chi connectivity index (χ4v) is 2.17. The van der Waals surface area contributed by atoms with E-state index in [1.165, 1.54) is 0 Å². The minimum atomic E-state index is 0.00706. The molecule has 94 valence electrons. The molecule has 2 heterocycles. The highest BCUT2D eigenvalue weighted by molar-refractivity contribution is 5.83. The van der Waals surface area contributed by atoms with Crippen LogP contribution >= 0.6 is 0 Å². The van der Waals surface area contributed by atoms with E-state index in [0.717, 1.165) is 26.1 Å². The number of likely N-dealkylation sites (tertiary alicyclic amines) is 1. The second kappa shape index (κ2) is 5.31. The molecule has 1 fully saturated rings. The van der Waals surface area contributed by atoms with Gasteiger partial charge in [0.05, 0.1) is 12.6 Å². The van der Waals surface area contributed by atoms with Crippen molar-refractivity contribution in [1.82, 2.24) is 20.0 Å². The van der Waals surface area contributed by atoms with Gasteiger partial charge >= 0.3 is 0 Å². The molecule has 1 amide bonds. The molecule has 1 atom stereocenters. The van der Waals surface area contributed by atoms with Crippen LogP contribution in [0.25, 0.3) is 0 Å². The van der Waals surface area contributed by atoms with Crippen molar-refractivity contribution in [1.29, 1.82) is 0 Å². The minimum absolute atomic E-state index is 0.00706. The number of carbonyl (C=O) groups is 1. The summed E-state index contributed by atoms with van der Waals surface area (Å²) < 4.78 is 1.86. The first-order valence-corrected chi connectivity index (χ1v) is 6.19. The summed E-state index contributed by atoms with van der Waals surface area (Å²) in [7, 11) is 0. The quantitative estimate of drug-likeness (QED) is 0.809. The van der Waals surface area contributed by atoms with E-state index in [1.807, 2.05) is 21.8 Å². The van der Waals surface area contributed by atoms with Gasteiger partial charge in [-0.1, -0.05) is 13.8 Å². The van der Waals surface area contributed by atoms with Crippen LogP contribution in [0.2, 0.25) is 0 Å². The lowest BCUT2D eigenvalue weighted by atomic mass is 10.2. The maximum atomic E-state index is 12.0. The zero-order valence-electron chi connectivity index (χ0n) is 10.5. The molecule has 0 aromatic carbocycles. The Balaban J connectivity index is 1.81. The fraction of sp³-hybridized carbons (Fsp3) is 0.667. The summed E-state index contributed by atoms with van der Waals surface area (Å²) in [6.45, 7) is 6.51. The van der Waals surface area contributed by atoms with E-state index in [0.29, 0.717) is 6.04 Å². The summed E-state index contributed by atoms with van der Waals surface area (Å²) in [4.78, 5) is 14.0. The number of nitrogens with one attached hydrogen (secondary N) is 1. The third-order valence-electron chi connectivity index (χ3n) is 2.99. The van der Waals surface area contributed by atoms with Crippen LogP contribution in [0.1, 0.15) is 20.3 Å². The molecule has 0 radical (unpaired) electrons. The number of hydrogen-bond acceptors (Lipinski definition) is 3. The number of aromatic nitrogens is 2. The van der Waals surface area contributed by atoms with Gasteiger partial charge in [0.25, 0.3) is 0 Å². The SMILES string of the molecule is CC(C)NC1CCN(CCn2cccn2)C1=O. The predicted molar refractivity (Wildman–Crippen MR) is 65.5 cm³/mol. The average Bonchev–Trinajstić information content (AvgIpc) is 2.88. The highest BCUT2D eigenvalue weighted by atomic mass is 16.2. The molecule has 2 rings (SSSR count). The molecule has 1 aliphatic heterocycles. The van der Waals surface area contributed by atoms with Gasteiger partial charge in [-0.05, 0) is 12.5 Å². The van der Waals surface area contributed by atoms with Gasteiger partial charge in [0.1, 0.15) is 0 Å². The van der Waals surface area contributed by atoms with E-state index in [1.54, 1.807) is 6.20 Å². The van der Waals surface area contributed by atoms with Crippen LogP contribution in [0.5, 0.6) is 0 Å². The monoisotopic (exact) mass is 236 g/mol. The van der Waals surface area contributed by atoms with Gasteiger partial charge in [-0.15, -0.1) is 0 Å². The van der Waals surface area contributed by atoms with Crippen molar-refractivity contribution < 1.29 is 4.79 Å². The number of amides is 1. The number of rotatable bonds is 5. The van der Waals surface area contributed by atoms with Crippen molar-refractivity contribution >= 4 is 5.91 Å². The second-order valence-electron chi connectivity index (χ2n) is 4.76. The van der Waals surface area contributed by atoms with Gasteiger partial charge in [0.2, 0.25) is 5.91 Å². The maximum absolute atomic E-state index is 12.0. The van der Waals surface area contributed by atoms with Crippen molar-refractivity contribution in [2.24, 2.45) is 0 Å². The molecule has 1 aromatic rings. The third-order valence-corrected chi connectivity index (χ3v) is 2.99. The molecule has 0 aliphatic carbocycles. The lowest BCUT2D eigenvalue weighted by Crippen LogP contribution is -2.42. The van der Waals surface area contributed by atoms with Gasteiger partial charge in [-0.2, -0.15) is 5.10 Å². The van der Waals surface area contributed by atoms with Crippen LogP contribution < -0.4 is 5.32 Å². The molecule has 0 spiro atoms. The van der Waals surface area contributed by atoms with Crippen molar-refractivity contribution in [2.45, 2.75) is 38.9 Å². The Labute approximate surface area is 102 Å². The second-order valence-corrected chi connectivity index (χ2v) is 4.76. The topological polar surface area (TPSA) is 50.2 Å². The summed E-state index contributed by atoms with van der Waals surface area (Å²) >= 11 is 0. The Morgan fingerprint density at radius 2 is 2.35 bits per heavy atom. The zero-order valence-corrected chi connectivity index (χ0v) is 10.5. The first-order valence-electron chi connectivity index (χ1n) is 6.19. The summed E-state index contributed by atoms with van der Waals surface area (Å²) in [6, 6.07) is 2.26. The zero-order chi connectivity index (χ0) is 12.3. The van der Waals surface area contributed by atoms with Gasteiger partial charge in [0, 0.05) is 31.5 Å². The van der Waals surface area contributed by atoms with E-state index in [-0.39, 0.29) is 11.9 Å². The molecule has 1 saturated heterocycles. The lowest BCUT2D eigenvalue weighted by molar-refractivity contribution is -0.129. The Morgan fingerprint density at radius 3 is 3.00 bits per heavy atom. The van der Waals surface area contributed by atoms with Crippen LogP contribution in [0.15, 0.2) is 18.5 Å². The van der Waals surface area contributed by atoms with Crippen molar-refractivity contribution in [2.75, 3.05) is 13.1 Å². The Kier molecular flexibility index (Phi) is 3.78. The van der Waals surface area contributed by atoms with Crippen LogP contribution in [-0.2, 0) is 11.3 Å². The molecule has 1 aliphatic rings. The fourth-order valence-electron chi connectivity index (χ4n) is 2.17. The standard InChI is InChI=1S/C12H20N4O/c1-10(2)14-11-4-7-15(12(11)17)8-9-16-6-3-5-13-16/h3,5-6,10-11,14H,4,7-9H2,1-2H3. The first kappa shape index (κ1) is 12.1. The molecule has 5 heteroatoms. The smallest absolute Gasteiger partial charge is 0.239 e. The number of hydrogen-bond donors (Lipinski definition) is 1. The van der Waals surface area contributed by atoms with E-state index >= 15 is 0 Å². The normalized spacial score (nSPS) is 20.5. The lowest BCUT2D eigenvalue weighted by Gasteiger charge is -2.18. The third kappa shape index (κ3) is 3.06. The van der Waals surface area contributed by atoms with Crippen LogP contribution in [0.3, 0.4) is 0 Å². The van der Waals surface area contributed by atoms with Crippen molar-refractivity contribution in [3.8, 4) is 0 Å². The Bertz CT molecular complexity index is 361. The summed E-state index contributed by atoms with van der Waals surface area (Å²) in [5.74, 6) is 0.228. The van der Waals surface area contributed by atoms with Crippen molar-refractivity contribution in [3.63, 3.8) is 0 Å². The number of nitrogens with zero attached hydrogens (tertiary/aromatic N) is 3. The number of carbonyl (C=O) groups excluding carboxylic acids is 1. The highest BCUT2D eigenvalue weighted by Gasteiger charge is 2.31. The van der Waals surface area contributed by atoms with Gasteiger partial charge in [-0.3, -0.25) is 9.48 Å². The van der Waals surface area contributed by atoms with Crippen LogP contribution in [0, 0.1) is 0 Å². The first-order chi connectivity index (χ1) is 8.16. The minimum Gasteiger partial charge on any atom is -0.339 e. The van der Waals surface area contributed by atoms with Crippen LogP contribution in [-0.4, -0.2) is 45.8 Å². The Hall–Kier alpha value is -1.36. The van der Waals surface area contributed by atoms with Crippen LogP contribution in [0.4, 0.5) is 0 Å². The molecule has 0 saturated carbocycles. The molecular formula is C12H20N4O.